The Kier molecular flexibility index (Phi) is 4.92. The molecule has 2 aromatic heterocycles. The SMILES string of the molecule is O=C(CNc1cc(Cl)cc(Cl)c1)N1N=C(c2ccco2)CC1c1ccco1. The molecule has 0 saturated carbocycles. The molecule has 0 saturated heterocycles. The normalized spacial score (nSPS) is 16.4. The summed E-state index contributed by atoms with van der Waals surface area (Å²) in [5.74, 6) is 1.09. The van der Waals surface area contributed by atoms with Gasteiger partial charge in [0.05, 0.1) is 19.1 Å². The highest BCUT2D eigenvalue weighted by atomic mass is 35.5. The first-order valence-electron chi connectivity index (χ1n) is 8.27. The van der Waals surface area contributed by atoms with Crippen molar-refractivity contribution in [2.45, 2.75) is 12.5 Å². The van der Waals surface area contributed by atoms with Gasteiger partial charge in [-0.2, -0.15) is 5.10 Å². The lowest BCUT2D eigenvalue weighted by molar-refractivity contribution is -0.131. The molecule has 138 valence electrons. The summed E-state index contributed by atoms with van der Waals surface area (Å²) in [4.78, 5) is 12.8. The number of carbonyl (C=O) groups is 1. The van der Waals surface area contributed by atoms with Crippen molar-refractivity contribution in [3.63, 3.8) is 0 Å². The summed E-state index contributed by atoms with van der Waals surface area (Å²) in [7, 11) is 0. The van der Waals surface area contributed by atoms with E-state index in [4.69, 9.17) is 32.0 Å². The Bertz CT molecular complexity index is 948. The lowest BCUT2D eigenvalue weighted by atomic mass is 10.1. The molecule has 0 fully saturated rings. The largest absolute Gasteiger partial charge is 0.467 e. The quantitative estimate of drug-likeness (QED) is 0.652. The van der Waals surface area contributed by atoms with Crippen molar-refractivity contribution in [3.05, 3.63) is 76.6 Å². The van der Waals surface area contributed by atoms with Crippen LogP contribution in [0.15, 0.2) is 68.9 Å². The first kappa shape index (κ1) is 17.7. The Morgan fingerprint density at radius 1 is 1.15 bits per heavy atom. The molecular weight excluding hydrogens is 389 g/mol. The van der Waals surface area contributed by atoms with Gasteiger partial charge in [-0.15, -0.1) is 0 Å². The maximum absolute atomic E-state index is 12.8. The molecule has 6 nitrogen and oxygen atoms in total. The van der Waals surface area contributed by atoms with Gasteiger partial charge in [0, 0.05) is 22.2 Å². The number of benzene rings is 1. The fourth-order valence-electron chi connectivity index (χ4n) is 2.95. The van der Waals surface area contributed by atoms with Crippen LogP contribution in [-0.2, 0) is 4.79 Å². The molecule has 1 atom stereocenters. The van der Waals surface area contributed by atoms with Crippen LogP contribution in [0.25, 0.3) is 0 Å². The van der Waals surface area contributed by atoms with Gasteiger partial charge in [-0.3, -0.25) is 4.79 Å². The lowest BCUT2D eigenvalue weighted by Gasteiger charge is -2.20. The number of carbonyl (C=O) groups excluding carboxylic acids is 1. The molecular formula is C19H15Cl2N3O3. The molecule has 3 heterocycles. The van der Waals surface area contributed by atoms with E-state index in [2.05, 4.69) is 10.4 Å². The zero-order valence-corrected chi connectivity index (χ0v) is 15.6. The van der Waals surface area contributed by atoms with Crippen molar-refractivity contribution in [1.82, 2.24) is 5.01 Å². The Labute approximate surface area is 165 Å². The van der Waals surface area contributed by atoms with E-state index in [1.165, 1.54) is 5.01 Å². The summed E-state index contributed by atoms with van der Waals surface area (Å²) >= 11 is 12.0. The topological polar surface area (TPSA) is 71.0 Å². The monoisotopic (exact) mass is 403 g/mol. The van der Waals surface area contributed by atoms with Gasteiger partial charge in [-0.05, 0) is 42.5 Å². The highest BCUT2D eigenvalue weighted by Gasteiger charge is 2.35. The van der Waals surface area contributed by atoms with Crippen LogP contribution in [0.5, 0.6) is 0 Å². The van der Waals surface area contributed by atoms with E-state index in [-0.39, 0.29) is 18.5 Å². The molecule has 1 N–H and O–H groups in total. The van der Waals surface area contributed by atoms with Gasteiger partial charge in [-0.1, -0.05) is 23.2 Å². The van der Waals surface area contributed by atoms with E-state index in [0.717, 1.165) is 0 Å². The van der Waals surface area contributed by atoms with Crippen molar-refractivity contribution < 1.29 is 13.6 Å². The summed E-state index contributed by atoms with van der Waals surface area (Å²) in [6.07, 6.45) is 3.67. The summed E-state index contributed by atoms with van der Waals surface area (Å²) in [6, 6.07) is 11.9. The average Bonchev–Trinajstić information content (AvgIpc) is 3.39. The van der Waals surface area contributed by atoms with Crippen LogP contribution in [0.1, 0.15) is 24.0 Å². The van der Waals surface area contributed by atoms with Crippen LogP contribution in [0.4, 0.5) is 5.69 Å². The zero-order valence-electron chi connectivity index (χ0n) is 14.1. The average molecular weight is 404 g/mol. The van der Waals surface area contributed by atoms with Gasteiger partial charge in [0.25, 0.3) is 5.91 Å². The van der Waals surface area contributed by atoms with Crippen molar-refractivity contribution in [2.24, 2.45) is 5.10 Å². The summed E-state index contributed by atoms with van der Waals surface area (Å²) in [5.41, 5.74) is 1.35. The fraction of sp³-hybridized carbons (Fsp3) is 0.158. The third-order valence-electron chi connectivity index (χ3n) is 4.15. The number of hydrogen-bond donors (Lipinski definition) is 1. The fourth-order valence-corrected chi connectivity index (χ4v) is 3.47. The van der Waals surface area contributed by atoms with Gasteiger partial charge in [-0.25, -0.2) is 5.01 Å². The van der Waals surface area contributed by atoms with Crippen molar-refractivity contribution >= 4 is 40.5 Å². The molecule has 0 radical (unpaired) electrons. The van der Waals surface area contributed by atoms with Crippen molar-refractivity contribution in [1.29, 1.82) is 0 Å². The van der Waals surface area contributed by atoms with E-state index in [1.807, 2.05) is 12.1 Å². The molecule has 0 spiro atoms. The predicted molar refractivity (Wildman–Crippen MR) is 103 cm³/mol. The number of hydrazone groups is 1. The number of anilines is 1. The summed E-state index contributed by atoms with van der Waals surface area (Å²) < 4.78 is 10.9. The smallest absolute Gasteiger partial charge is 0.262 e. The van der Waals surface area contributed by atoms with Gasteiger partial charge in [0.1, 0.15) is 23.3 Å². The molecule has 8 heteroatoms. The minimum atomic E-state index is -0.322. The van der Waals surface area contributed by atoms with E-state index < -0.39 is 0 Å². The third kappa shape index (κ3) is 3.86. The molecule has 0 aliphatic carbocycles. The van der Waals surface area contributed by atoms with E-state index in [1.54, 1.807) is 42.9 Å². The van der Waals surface area contributed by atoms with E-state index in [0.29, 0.717) is 39.4 Å². The summed E-state index contributed by atoms with van der Waals surface area (Å²) in [5, 5.41) is 9.91. The van der Waals surface area contributed by atoms with E-state index in [9.17, 15) is 4.79 Å². The highest BCUT2D eigenvalue weighted by Crippen LogP contribution is 2.33. The van der Waals surface area contributed by atoms with Gasteiger partial charge in [0.15, 0.2) is 0 Å². The number of nitrogens with zero attached hydrogens (tertiary/aromatic N) is 2. The third-order valence-corrected chi connectivity index (χ3v) is 4.59. The standard InChI is InChI=1S/C19H15Cl2N3O3/c20-12-7-13(21)9-14(8-12)22-11-19(25)24-16(18-4-2-6-27-18)10-15(23-24)17-3-1-5-26-17/h1-9,16,22H,10-11H2. The molecule has 1 aromatic carbocycles. The lowest BCUT2D eigenvalue weighted by Crippen LogP contribution is -2.32. The first-order valence-corrected chi connectivity index (χ1v) is 9.02. The van der Waals surface area contributed by atoms with Gasteiger partial charge < -0.3 is 14.2 Å². The maximum Gasteiger partial charge on any atom is 0.262 e. The second-order valence-corrected chi connectivity index (χ2v) is 6.88. The van der Waals surface area contributed by atoms with Crippen molar-refractivity contribution in [2.75, 3.05) is 11.9 Å². The molecule has 0 bridgehead atoms. The number of hydrogen-bond acceptors (Lipinski definition) is 5. The number of amides is 1. The van der Waals surface area contributed by atoms with Crippen molar-refractivity contribution in [3.8, 4) is 0 Å². The first-order chi connectivity index (χ1) is 13.1. The molecule has 1 aliphatic rings. The van der Waals surface area contributed by atoms with Gasteiger partial charge in [0.2, 0.25) is 0 Å². The molecule has 1 unspecified atom stereocenters. The highest BCUT2D eigenvalue weighted by molar-refractivity contribution is 6.35. The minimum absolute atomic E-state index is 0.0306. The number of furan rings is 2. The van der Waals surface area contributed by atoms with Gasteiger partial charge >= 0.3 is 0 Å². The molecule has 1 aliphatic heterocycles. The molecule has 1 amide bonds. The van der Waals surface area contributed by atoms with Crippen LogP contribution in [0.2, 0.25) is 10.0 Å². The molecule has 27 heavy (non-hydrogen) atoms. The molecule has 3 aromatic rings. The second-order valence-electron chi connectivity index (χ2n) is 6.01. The number of nitrogens with one attached hydrogen (secondary N) is 1. The molecule has 4 rings (SSSR count). The predicted octanol–water partition coefficient (Wildman–Crippen LogP) is 4.97. The Morgan fingerprint density at radius 3 is 2.56 bits per heavy atom. The number of halogens is 2. The number of rotatable bonds is 5. The van der Waals surface area contributed by atoms with E-state index >= 15 is 0 Å². The van der Waals surface area contributed by atoms with Crippen LogP contribution in [-0.4, -0.2) is 23.2 Å². The zero-order chi connectivity index (χ0) is 18.8. The van der Waals surface area contributed by atoms with Crippen LogP contribution in [0.3, 0.4) is 0 Å². The van der Waals surface area contributed by atoms with Crippen LogP contribution in [0, 0.1) is 0 Å². The Morgan fingerprint density at radius 2 is 1.89 bits per heavy atom. The Balaban J connectivity index is 1.53. The maximum atomic E-state index is 12.8. The van der Waals surface area contributed by atoms with Crippen LogP contribution < -0.4 is 5.32 Å². The second kappa shape index (κ2) is 7.50. The minimum Gasteiger partial charge on any atom is -0.467 e. The Hall–Kier alpha value is -2.70. The van der Waals surface area contributed by atoms with Crippen LogP contribution >= 0.6 is 23.2 Å². The summed E-state index contributed by atoms with van der Waals surface area (Å²) in [6.45, 7) is 0.0306.